The van der Waals surface area contributed by atoms with Crippen LogP contribution >= 0.6 is 0 Å². The molecule has 0 heterocycles. The van der Waals surface area contributed by atoms with Gasteiger partial charge in [0.25, 0.3) is 0 Å². The minimum atomic E-state index is -0.499. The summed E-state index contributed by atoms with van der Waals surface area (Å²) < 4.78 is 5.77. The number of ether oxygens (including phenoxy) is 1. The molecule has 0 radical (unpaired) electrons. The largest absolute Gasteiger partial charge is 0.491 e. The number of nitrogens with zero attached hydrogens (tertiary/aromatic N) is 1. The average molecular weight is 327 g/mol. The van der Waals surface area contributed by atoms with E-state index in [4.69, 9.17) is 4.74 Å². The fourth-order valence-corrected chi connectivity index (χ4v) is 2.87. The maximum absolute atomic E-state index is 10.4. The first-order valence-corrected chi connectivity index (χ1v) is 8.73. The summed E-state index contributed by atoms with van der Waals surface area (Å²) >= 11 is 0. The molecule has 1 atom stereocenters. The number of aliphatic hydroxyl groups excluding tert-OH is 1. The highest BCUT2D eigenvalue weighted by molar-refractivity contribution is 5.31. The Morgan fingerprint density at radius 2 is 1.88 bits per heavy atom. The van der Waals surface area contributed by atoms with Crippen LogP contribution in [0.3, 0.4) is 0 Å². The zero-order valence-corrected chi connectivity index (χ0v) is 15.0. The van der Waals surface area contributed by atoms with Crippen LogP contribution < -0.4 is 4.74 Å². The first kappa shape index (κ1) is 18.5. The Kier molecular flexibility index (Phi) is 7.29. The van der Waals surface area contributed by atoms with E-state index in [2.05, 4.69) is 43.0 Å². The molecule has 2 aromatic carbocycles. The van der Waals surface area contributed by atoms with E-state index in [9.17, 15) is 5.11 Å². The zero-order chi connectivity index (χ0) is 17.4. The normalized spacial score (nSPS) is 12.4. The van der Waals surface area contributed by atoms with Gasteiger partial charge in [-0.25, -0.2) is 0 Å². The Balaban J connectivity index is 1.88. The van der Waals surface area contributed by atoms with Gasteiger partial charge in [-0.1, -0.05) is 55.0 Å². The van der Waals surface area contributed by atoms with Crippen LogP contribution in [0.4, 0.5) is 0 Å². The van der Waals surface area contributed by atoms with E-state index >= 15 is 0 Å². The van der Waals surface area contributed by atoms with E-state index < -0.39 is 6.10 Å². The summed E-state index contributed by atoms with van der Waals surface area (Å²) in [6.45, 7) is 9.06. The smallest absolute Gasteiger partial charge is 0.122 e. The van der Waals surface area contributed by atoms with E-state index in [0.29, 0.717) is 13.2 Å². The molecule has 24 heavy (non-hydrogen) atoms. The molecule has 1 N–H and O–H groups in total. The minimum absolute atomic E-state index is 0.318. The number of rotatable bonds is 9. The van der Waals surface area contributed by atoms with Gasteiger partial charge in [0.15, 0.2) is 0 Å². The van der Waals surface area contributed by atoms with Gasteiger partial charge in [-0.05, 0) is 44.0 Å². The lowest BCUT2D eigenvalue weighted by Crippen LogP contribution is -2.35. The van der Waals surface area contributed by atoms with Gasteiger partial charge in [-0.3, -0.25) is 4.90 Å². The molecular formula is C21H29NO2. The molecule has 0 bridgehead atoms. The first-order valence-electron chi connectivity index (χ1n) is 8.73. The molecule has 0 saturated carbocycles. The highest BCUT2D eigenvalue weighted by Gasteiger charge is 2.13. The molecule has 1 unspecified atom stereocenters. The standard InChI is InChI=1S/C21H29NO2/c1-4-12-22(14-19-10-7-8-17(2)13-19)15-20(23)16-24-21-11-6-5-9-18(21)3/h5-11,13,20,23H,4,12,14-16H2,1-3H3. The third-order valence-electron chi connectivity index (χ3n) is 4.02. The van der Waals surface area contributed by atoms with Crippen LogP contribution in [-0.4, -0.2) is 35.8 Å². The molecule has 0 aliphatic heterocycles. The SMILES string of the molecule is CCCN(Cc1cccc(C)c1)CC(O)COc1ccccc1C. The summed E-state index contributed by atoms with van der Waals surface area (Å²) in [5.41, 5.74) is 3.65. The van der Waals surface area contributed by atoms with E-state index in [1.165, 1.54) is 11.1 Å². The molecule has 0 amide bonds. The second-order valence-corrected chi connectivity index (χ2v) is 6.45. The number of aliphatic hydroxyl groups is 1. The van der Waals surface area contributed by atoms with Crippen molar-refractivity contribution < 1.29 is 9.84 Å². The Morgan fingerprint density at radius 3 is 2.58 bits per heavy atom. The lowest BCUT2D eigenvalue weighted by Gasteiger charge is -2.25. The van der Waals surface area contributed by atoms with Crippen LogP contribution in [0.2, 0.25) is 0 Å². The molecule has 2 rings (SSSR count). The van der Waals surface area contributed by atoms with Gasteiger partial charge in [0, 0.05) is 13.1 Å². The third kappa shape index (κ3) is 5.99. The molecular weight excluding hydrogens is 298 g/mol. The van der Waals surface area contributed by atoms with Crippen molar-refractivity contribution >= 4 is 0 Å². The molecule has 130 valence electrons. The van der Waals surface area contributed by atoms with Gasteiger partial charge in [0.2, 0.25) is 0 Å². The minimum Gasteiger partial charge on any atom is -0.491 e. The van der Waals surface area contributed by atoms with Crippen molar-refractivity contribution in [2.75, 3.05) is 19.7 Å². The molecule has 0 fully saturated rings. The van der Waals surface area contributed by atoms with E-state index in [0.717, 1.165) is 30.8 Å². The van der Waals surface area contributed by atoms with Crippen LogP contribution in [-0.2, 0) is 6.54 Å². The van der Waals surface area contributed by atoms with Gasteiger partial charge in [-0.2, -0.15) is 0 Å². The Bertz CT molecular complexity index is 627. The molecule has 0 aromatic heterocycles. The zero-order valence-electron chi connectivity index (χ0n) is 15.0. The number of benzene rings is 2. The molecule has 3 nitrogen and oxygen atoms in total. The van der Waals surface area contributed by atoms with Gasteiger partial charge in [0.1, 0.15) is 18.5 Å². The predicted octanol–water partition coefficient (Wildman–Crippen LogP) is 3.96. The predicted molar refractivity (Wildman–Crippen MR) is 99.4 cm³/mol. The number of aryl methyl sites for hydroxylation is 2. The van der Waals surface area contributed by atoms with E-state index in [1.54, 1.807) is 0 Å². The maximum Gasteiger partial charge on any atom is 0.122 e. The number of para-hydroxylation sites is 1. The van der Waals surface area contributed by atoms with E-state index in [-0.39, 0.29) is 0 Å². The van der Waals surface area contributed by atoms with Crippen molar-refractivity contribution in [3.8, 4) is 5.75 Å². The van der Waals surface area contributed by atoms with Crippen molar-refractivity contribution in [1.82, 2.24) is 4.90 Å². The summed E-state index contributed by atoms with van der Waals surface area (Å²) in [4.78, 5) is 2.29. The van der Waals surface area contributed by atoms with Crippen molar-refractivity contribution in [3.05, 3.63) is 65.2 Å². The van der Waals surface area contributed by atoms with Crippen molar-refractivity contribution in [2.45, 2.75) is 39.8 Å². The molecule has 0 saturated heterocycles. The molecule has 0 spiro atoms. The highest BCUT2D eigenvalue weighted by Crippen LogP contribution is 2.16. The average Bonchev–Trinajstić information content (AvgIpc) is 2.54. The molecule has 0 aliphatic carbocycles. The second kappa shape index (κ2) is 9.45. The van der Waals surface area contributed by atoms with Gasteiger partial charge < -0.3 is 9.84 Å². The Labute approximate surface area is 145 Å². The molecule has 2 aromatic rings. The fraction of sp³-hybridized carbons (Fsp3) is 0.429. The molecule has 0 aliphatic rings. The summed E-state index contributed by atoms with van der Waals surface area (Å²) in [6, 6.07) is 16.5. The first-order chi connectivity index (χ1) is 11.6. The van der Waals surface area contributed by atoms with Crippen LogP contribution in [0.1, 0.15) is 30.0 Å². The summed E-state index contributed by atoms with van der Waals surface area (Å²) in [5, 5.41) is 10.4. The third-order valence-corrected chi connectivity index (χ3v) is 4.02. The van der Waals surface area contributed by atoms with Crippen molar-refractivity contribution in [3.63, 3.8) is 0 Å². The van der Waals surface area contributed by atoms with Crippen LogP contribution in [0, 0.1) is 13.8 Å². The number of hydrogen-bond acceptors (Lipinski definition) is 3. The monoisotopic (exact) mass is 327 g/mol. The summed E-state index contributed by atoms with van der Waals surface area (Å²) in [6.07, 6.45) is 0.568. The van der Waals surface area contributed by atoms with Crippen LogP contribution in [0.15, 0.2) is 48.5 Å². The van der Waals surface area contributed by atoms with Crippen LogP contribution in [0.5, 0.6) is 5.75 Å². The van der Waals surface area contributed by atoms with Gasteiger partial charge in [-0.15, -0.1) is 0 Å². The fourth-order valence-electron chi connectivity index (χ4n) is 2.87. The summed E-state index contributed by atoms with van der Waals surface area (Å²) in [7, 11) is 0. The van der Waals surface area contributed by atoms with Crippen molar-refractivity contribution in [2.24, 2.45) is 0 Å². The van der Waals surface area contributed by atoms with Crippen LogP contribution in [0.25, 0.3) is 0 Å². The highest BCUT2D eigenvalue weighted by atomic mass is 16.5. The lowest BCUT2D eigenvalue weighted by atomic mass is 10.1. The Morgan fingerprint density at radius 1 is 1.08 bits per heavy atom. The molecule has 3 heteroatoms. The lowest BCUT2D eigenvalue weighted by molar-refractivity contribution is 0.0653. The van der Waals surface area contributed by atoms with Crippen molar-refractivity contribution in [1.29, 1.82) is 0 Å². The quantitative estimate of drug-likeness (QED) is 0.757. The second-order valence-electron chi connectivity index (χ2n) is 6.45. The maximum atomic E-state index is 10.4. The van der Waals surface area contributed by atoms with E-state index in [1.807, 2.05) is 31.2 Å². The topological polar surface area (TPSA) is 32.7 Å². The van der Waals surface area contributed by atoms with Gasteiger partial charge in [0.05, 0.1) is 0 Å². The Hall–Kier alpha value is -1.84. The number of hydrogen-bond donors (Lipinski definition) is 1. The van der Waals surface area contributed by atoms with Gasteiger partial charge >= 0.3 is 0 Å². The summed E-state index contributed by atoms with van der Waals surface area (Å²) in [5.74, 6) is 0.845.